The summed E-state index contributed by atoms with van der Waals surface area (Å²) in [6.07, 6.45) is 4.35. The third-order valence-corrected chi connectivity index (χ3v) is 6.51. The van der Waals surface area contributed by atoms with Gasteiger partial charge in [0.15, 0.2) is 0 Å². The first-order valence-electron chi connectivity index (χ1n) is 8.66. The molecule has 1 amide bonds. The van der Waals surface area contributed by atoms with Crippen LogP contribution in [0.2, 0.25) is 0 Å². The third-order valence-electron chi connectivity index (χ3n) is 4.43. The molecule has 1 aromatic heterocycles. The van der Waals surface area contributed by atoms with Crippen LogP contribution in [0.5, 0.6) is 0 Å². The summed E-state index contributed by atoms with van der Waals surface area (Å²) in [4.78, 5) is 17.0. The lowest BCUT2D eigenvalue weighted by molar-refractivity contribution is -0.120. The molecule has 0 saturated carbocycles. The van der Waals surface area contributed by atoms with Crippen molar-refractivity contribution in [1.82, 2.24) is 9.29 Å². The molecular formula is C18H23N3O3S. The van der Waals surface area contributed by atoms with Gasteiger partial charge in [-0.15, -0.1) is 0 Å². The molecule has 6 nitrogen and oxygen atoms in total. The van der Waals surface area contributed by atoms with E-state index in [1.165, 1.54) is 4.31 Å². The van der Waals surface area contributed by atoms with Gasteiger partial charge in [-0.3, -0.25) is 9.78 Å². The van der Waals surface area contributed by atoms with Crippen LogP contribution in [0.1, 0.15) is 32.6 Å². The molecule has 0 unspecified atom stereocenters. The second-order valence-electron chi connectivity index (χ2n) is 6.34. The zero-order chi connectivity index (χ0) is 17.9. The summed E-state index contributed by atoms with van der Waals surface area (Å²) in [5, 5.41) is 3.77. The molecule has 0 aliphatic carbocycles. The molecule has 7 heteroatoms. The number of aromatic nitrogens is 1. The second kappa shape index (κ2) is 7.49. The Kier molecular flexibility index (Phi) is 5.34. The first kappa shape index (κ1) is 17.8. The van der Waals surface area contributed by atoms with Crippen LogP contribution >= 0.6 is 0 Å². The molecule has 134 valence electrons. The Balaban J connectivity index is 1.80. The Morgan fingerprint density at radius 1 is 1.32 bits per heavy atom. The number of hydrogen-bond acceptors (Lipinski definition) is 4. The molecule has 0 radical (unpaired) electrons. The van der Waals surface area contributed by atoms with E-state index < -0.39 is 16.1 Å². The number of rotatable bonds is 5. The molecule has 1 N–H and O–H groups in total. The number of pyridine rings is 1. The van der Waals surface area contributed by atoms with Crippen LogP contribution in [0, 0.1) is 0 Å². The van der Waals surface area contributed by atoms with E-state index in [1.807, 2.05) is 37.3 Å². The minimum atomic E-state index is -3.40. The number of benzene rings is 1. The molecule has 2 aromatic rings. The Hall–Kier alpha value is -1.99. The summed E-state index contributed by atoms with van der Waals surface area (Å²) in [6.45, 7) is 2.24. The van der Waals surface area contributed by atoms with Gasteiger partial charge in [0.2, 0.25) is 15.9 Å². The molecule has 0 bridgehead atoms. The van der Waals surface area contributed by atoms with Crippen LogP contribution in [0.3, 0.4) is 0 Å². The van der Waals surface area contributed by atoms with Gasteiger partial charge in [0, 0.05) is 11.9 Å². The largest absolute Gasteiger partial charge is 0.323 e. The minimum absolute atomic E-state index is 0.0777. The fourth-order valence-corrected chi connectivity index (χ4v) is 4.99. The van der Waals surface area contributed by atoms with E-state index in [0.29, 0.717) is 25.1 Å². The quantitative estimate of drug-likeness (QED) is 0.888. The Labute approximate surface area is 148 Å². The highest BCUT2D eigenvalue weighted by Gasteiger charge is 2.36. The summed E-state index contributed by atoms with van der Waals surface area (Å²) in [5.74, 6) is -0.203. The number of amides is 1. The van der Waals surface area contributed by atoms with Crippen molar-refractivity contribution in [2.45, 2.75) is 38.6 Å². The van der Waals surface area contributed by atoms with Crippen molar-refractivity contribution in [2.75, 3.05) is 17.6 Å². The zero-order valence-corrected chi connectivity index (χ0v) is 15.1. The summed E-state index contributed by atoms with van der Waals surface area (Å²) in [6, 6.07) is 8.87. The fraction of sp³-hybridized carbons (Fsp3) is 0.444. The highest BCUT2D eigenvalue weighted by atomic mass is 32.2. The van der Waals surface area contributed by atoms with Crippen molar-refractivity contribution in [3.63, 3.8) is 0 Å². The lowest BCUT2D eigenvalue weighted by atomic mass is 10.0. The monoisotopic (exact) mass is 361 g/mol. The smallest absolute Gasteiger partial charge is 0.242 e. The van der Waals surface area contributed by atoms with Crippen LogP contribution in [-0.2, 0) is 14.8 Å². The van der Waals surface area contributed by atoms with Crippen molar-refractivity contribution in [1.29, 1.82) is 0 Å². The predicted molar refractivity (Wildman–Crippen MR) is 98.8 cm³/mol. The van der Waals surface area contributed by atoms with Gasteiger partial charge in [0.1, 0.15) is 6.04 Å². The second-order valence-corrected chi connectivity index (χ2v) is 8.39. The lowest BCUT2D eigenvalue weighted by Crippen LogP contribution is -2.50. The number of fused-ring (bicyclic) bond motifs is 1. The molecule has 1 aromatic carbocycles. The van der Waals surface area contributed by atoms with Gasteiger partial charge < -0.3 is 5.32 Å². The van der Waals surface area contributed by atoms with Crippen LogP contribution in [0.4, 0.5) is 5.69 Å². The molecule has 1 aliphatic heterocycles. The molecule has 2 heterocycles. The molecule has 1 aliphatic rings. The Morgan fingerprint density at radius 3 is 2.92 bits per heavy atom. The average molecular weight is 361 g/mol. The van der Waals surface area contributed by atoms with Crippen molar-refractivity contribution in [3.05, 3.63) is 36.5 Å². The third kappa shape index (κ3) is 3.99. The van der Waals surface area contributed by atoms with E-state index in [-0.39, 0.29) is 11.7 Å². The van der Waals surface area contributed by atoms with Crippen molar-refractivity contribution in [2.24, 2.45) is 0 Å². The number of anilines is 1. The normalized spacial score (nSPS) is 19.0. The zero-order valence-electron chi connectivity index (χ0n) is 14.3. The molecule has 1 fully saturated rings. The highest BCUT2D eigenvalue weighted by molar-refractivity contribution is 7.89. The number of hydrogen-bond donors (Lipinski definition) is 1. The minimum Gasteiger partial charge on any atom is -0.323 e. The fourth-order valence-electron chi connectivity index (χ4n) is 3.24. The topological polar surface area (TPSA) is 79.4 Å². The summed E-state index contributed by atoms with van der Waals surface area (Å²) in [7, 11) is -3.40. The van der Waals surface area contributed by atoms with Crippen LogP contribution in [0.15, 0.2) is 36.5 Å². The van der Waals surface area contributed by atoms with Crippen molar-refractivity contribution < 1.29 is 13.2 Å². The Morgan fingerprint density at radius 2 is 2.12 bits per heavy atom. The van der Waals surface area contributed by atoms with Crippen LogP contribution in [-0.4, -0.2) is 42.0 Å². The van der Waals surface area contributed by atoms with Crippen LogP contribution < -0.4 is 5.32 Å². The van der Waals surface area contributed by atoms with Gasteiger partial charge in [0.25, 0.3) is 0 Å². The van der Waals surface area contributed by atoms with Crippen molar-refractivity contribution in [3.8, 4) is 0 Å². The molecule has 1 atom stereocenters. The maximum atomic E-state index is 12.7. The molecule has 3 rings (SSSR count). The molecular weight excluding hydrogens is 338 g/mol. The Bertz CT molecular complexity index is 867. The summed E-state index contributed by atoms with van der Waals surface area (Å²) in [5.41, 5.74) is 1.44. The standard InChI is InChI=1S/C18H23N3O3S/c1-2-11-25(23,24)21-10-6-5-9-17(21)18(22)20-15-12-14-7-3-4-8-16(14)19-13-15/h3-4,7-8,12-13,17H,2,5-6,9-11H2,1H3,(H,20,22)/t17-/m0/s1. The van der Waals surface area contributed by atoms with E-state index >= 15 is 0 Å². The number of para-hydroxylation sites is 1. The first-order valence-corrected chi connectivity index (χ1v) is 10.3. The average Bonchev–Trinajstić information content (AvgIpc) is 2.61. The van der Waals surface area contributed by atoms with Gasteiger partial charge in [-0.05, 0) is 31.4 Å². The maximum absolute atomic E-state index is 12.7. The van der Waals surface area contributed by atoms with E-state index in [9.17, 15) is 13.2 Å². The molecule has 0 spiro atoms. The number of sulfonamides is 1. The predicted octanol–water partition coefficient (Wildman–Crippen LogP) is 2.77. The maximum Gasteiger partial charge on any atom is 0.242 e. The van der Waals surface area contributed by atoms with Gasteiger partial charge in [0.05, 0.1) is 23.2 Å². The highest BCUT2D eigenvalue weighted by Crippen LogP contribution is 2.23. The van der Waals surface area contributed by atoms with E-state index in [2.05, 4.69) is 10.3 Å². The van der Waals surface area contributed by atoms with E-state index in [1.54, 1.807) is 6.20 Å². The molecule has 25 heavy (non-hydrogen) atoms. The SMILES string of the molecule is CCCS(=O)(=O)N1CCCC[C@H]1C(=O)Nc1cnc2ccccc2c1. The number of nitrogens with zero attached hydrogens (tertiary/aromatic N) is 2. The van der Waals surface area contributed by atoms with Crippen molar-refractivity contribution >= 4 is 32.5 Å². The van der Waals surface area contributed by atoms with E-state index in [4.69, 9.17) is 0 Å². The summed E-state index contributed by atoms with van der Waals surface area (Å²) >= 11 is 0. The number of nitrogens with one attached hydrogen (secondary N) is 1. The lowest BCUT2D eigenvalue weighted by Gasteiger charge is -2.33. The number of carbonyl (C=O) groups excluding carboxylic acids is 1. The number of carbonyl (C=O) groups is 1. The van der Waals surface area contributed by atoms with Gasteiger partial charge in [-0.25, -0.2) is 8.42 Å². The molecule has 1 saturated heterocycles. The van der Waals surface area contributed by atoms with E-state index in [0.717, 1.165) is 23.7 Å². The van der Waals surface area contributed by atoms with Gasteiger partial charge in [-0.2, -0.15) is 4.31 Å². The summed E-state index contributed by atoms with van der Waals surface area (Å²) < 4.78 is 26.3. The first-order chi connectivity index (χ1) is 12.0. The van der Waals surface area contributed by atoms with Crippen LogP contribution in [0.25, 0.3) is 10.9 Å². The van der Waals surface area contributed by atoms with Gasteiger partial charge >= 0.3 is 0 Å². The number of piperidine rings is 1. The van der Waals surface area contributed by atoms with Gasteiger partial charge in [-0.1, -0.05) is 31.5 Å².